The Morgan fingerprint density at radius 1 is 1.16 bits per heavy atom. The van der Waals surface area contributed by atoms with Gasteiger partial charge in [-0.3, -0.25) is 4.79 Å². The number of hydrogen-bond acceptors (Lipinski definition) is 4. The van der Waals surface area contributed by atoms with Crippen LogP contribution in [0, 0.1) is 13.8 Å². The molecular weight excluding hydrogens is 437 g/mol. The van der Waals surface area contributed by atoms with Crippen LogP contribution in [0.15, 0.2) is 58.2 Å². The van der Waals surface area contributed by atoms with Gasteiger partial charge in [0.25, 0.3) is 0 Å². The van der Waals surface area contributed by atoms with E-state index in [9.17, 15) is 18.0 Å². The van der Waals surface area contributed by atoms with Gasteiger partial charge in [-0.15, -0.1) is 11.8 Å². The van der Waals surface area contributed by atoms with Crippen molar-refractivity contribution in [3.05, 3.63) is 65.0 Å². The van der Waals surface area contributed by atoms with E-state index in [-0.39, 0.29) is 24.6 Å². The molecule has 0 amide bonds. The van der Waals surface area contributed by atoms with E-state index in [0.29, 0.717) is 11.3 Å². The van der Waals surface area contributed by atoms with E-state index in [4.69, 9.17) is 4.74 Å². The molecule has 2 rings (SSSR count). The van der Waals surface area contributed by atoms with Crippen LogP contribution in [0.5, 0.6) is 5.75 Å². The van der Waals surface area contributed by atoms with Crippen LogP contribution in [0.1, 0.15) is 34.8 Å². The van der Waals surface area contributed by atoms with Crippen molar-refractivity contribution in [2.24, 2.45) is 4.99 Å². The fourth-order valence-electron chi connectivity index (χ4n) is 2.72. The van der Waals surface area contributed by atoms with Gasteiger partial charge in [0.05, 0.1) is 12.0 Å². The van der Waals surface area contributed by atoms with Crippen molar-refractivity contribution in [3.63, 3.8) is 0 Å². The van der Waals surface area contributed by atoms with Gasteiger partial charge in [0, 0.05) is 36.2 Å². The summed E-state index contributed by atoms with van der Waals surface area (Å²) in [4.78, 5) is 19.9. The SMILES string of the molecule is CCN(C)/C=N\c1cc(C)c(C(=O)COc2cccc(SCCC(F)=C(F)F)c2)cc1C. The molecule has 0 atom stereocenters. The maximum atomic E-state index is 12.9. The smallest absolute Gasteiger partial charge is 0.301 e. The van der Waals surface area contributed by atoms with Crippen LogP contribution in [0.4, 0.5) is 18.9 Å². The number of Topliss-reactive ketones (excluding diaryl/α,β-unsaturated/α-hetero) is 1. The highest BCUT2D eigenvalue weighted by molar-refractivity contribution is 7.99. The Kier molecular flexibility index (Phi) is 9.84. The Labute approximate surface area is 191 Å². The number of rotatable bonds is 11. The van der Waals surface area contributed by atoms with Gasteiger partial charge in [-0.2, -0.15) is 8.78 Å². The summed E-state index contributed by atoms with van der Waals surface area (Å²) in [6.07, 6.45) is -0.861. The van der Waals surface area contributed by atoms with E-state index in [1.54, 1.807) is 30.6 Å². The van der Waals surface area contributed by atoms with Gasteiger partial charge in [0.2, 0.25) is 0 Å². The van der Waals surface area contributed by atoms with Crippen LogP contribution in [0.2, 0.25) is 0 Å². The number of thioether (sulfide) groups is 1. The predicted molar refractivity (Wildman–Crippen MR) is 124 cm³/mol. The maximum Gasteiger partial charge on any atom is 0.301 e. The third-order valence-electron chi connectivity index (χ3n) is 4.71. The first-order valence-electron chi connectivity index (χ1n) is 10.2. The van der Waals surface area contributed by atoms with Crippen molar-refractivity contribution in [2.75, 3.05) is 26.0 Å². The second-order valence-electron chi connectivity index (χ2n) is 7.22. The Morgan fingerprint density at radius 3 is 2.59 bits per heavy atom. The Bertz CT molecular complexity index is 1000. The third-order valence-corrected chi connectivity index (χ3v) is 5.70. The molecular formula is C24H27F3N2O2S. The standard InChI is InChI=1S/C24H27F3N2O2S/c1-5-29(4)15-28-22-12-16(2)20(11-17(22)3)23(30)14-31-18-7-6-8-19(13-18)32-10-9-21(25)24(26)27/h6-8,11-13,15H,5,9-10,14H2,1-4H3/b28-15-. The number of ether oxygens (including phenoxy) is 1. The average molecular weight is 465 g/mol. The summed E-state index contributed by atoms with van der Waals surface area (Å²) < 4.78 is 42.8. The molecule has 0 saturated heterocycles. The van der Waals surface area contributed by atoms with E-state index in [1.807, 2.05) is 44.9 Å². The summed E-state index contributed by atoms with van der Waals surface area (Å²) in [7, 11) is 1.94. The van der Waals surface area contributed by atoms with Crippen molar-refractivity contribution in [1.29, 1.82) is 0 Å². The molecule has 0 fully saturated rings. The van der Waals surface area contributed by atoms with Crippen LogP contribution in [-0.4, -0.2) is 43.0 Å². The van der Waals surface area contributed by atoms with E-state index in [2.05, 4.69) is 4.99 Å². The first kappa shape index (κ1) is 25.5. The number of aryl methyl sites for hydroxylation is 2. The molecule has 2 aromatic carbocycles. The average Bonchev–Trinajstić information content (AvgIpc) is 2.77. The molecule has 0 aromatic heterocycles. The van der Waals surface area contributed by atoms with Crippen molar-refractivity contribution >= 4 is 29.6 Å². The summed E-state index contributed by atoms with van der Waals surface area (Å²) in [5, 5.41) is 0. The topological polar surface area (TPSA) is 41.9 Å². The van der Waals surface area contributed by atoms with Crippen molar-refractivity contribution in [1.82, 2.24) is 4.90 Å². The van der Waals surface area contributed by atoms with Crippen LogP contribution in [-0.2, 0) is 0 Å². The number of aliphatic imine (C=N–C) groups is 1. The minimum Gasteiger partial charge on any atom is -0.485 e. The Hall–Kier alpha value is -2.74. The van der Waals surface area contributed by atoms with Gasteiger partial charge in [0.15, 0.2) is 18.2 Å². The fraction of sp³-hybridized carbons (Fsp3) is 0.333. The molecule has 172 valence electrons. The molecule has 2 aromatic rings. The zero-order chi connectivity index (χ0) is 23.7. The second kappa shape index (κ2) is 12.3. The predicted octanol–water partition coefficient (Wildman–Crippen LogP) is 6.74. The largest absolute Gasteiger partial charge is 0.485 e. The van der Waals surface area contributed by atoms with Crippen molar-refractivity contribution in [3.8, 4) is 5.75 Å². The summed E-state index contributed by atoms with van der Waals surface area (Å²) in [6.45, 7) is 6.51. The lowest BCUT2D eigenvalue weighted by Crippen LogP contribution is -2.14. The molecule has 0 aliphatic carbocycles. The summed E-state index contributed by atoms with van der Waals surface area (Å²) in [5.74, 6) is -0.896. The van der Waals surface area contributed by atoms with E-state index < -0.39 is 11.9 Å². The maximum absolute atomic E-state index is 12.9. The zero-order valence-electron chi connectivity index (χ0n) is 18.6. The van der Waals surface area contributed by atoms with Crippen LogP contribution < -0.4 is 4.74 Å². The van der Waals surface area contributed by atoms with E-state index in [1.165, 1.54) is 11.8 Å². The van der Waals surface area contributed by atoms with Gasteiger partial charge in [-0.05, 0) is 62.2 Å². The van der Waals surface area contributed by atoms with E-state index >= 15 is 0 Å². The molecule has 32 heavy (non-hydrogen) atoms. The Balaban J connectivity index is 2.00. The highest BCUT2D eigenvalue weighted by Crippen LogP contribution is 2.27. The molecule has 0 bridgehead atoms. The lowest BCUT2D eigenvalue weighted by Gasteiger charge is -2.12. The highest BCUT2D eigenvalue weighted by atomic mass is 32.2. The first-order chi connectivity index (χ1) is 15.2. The lowest BCUT2D eigenvalue weighted by atomic mass is 10.0. The minimum absolute atomic E-state index is 0.139. The molecule has 0 unspecified atom stereocenters. The first-order valence-corrected chi connectivity index (χ1v) is 11.1. The zero-order valence-corrected chi connectivity index (χ0v) is 19.4. The number of hydrogen-bond donors (Lipinski definition) is 0. The number of carbonyl (C=O) groups excluding carboxylic acids is 1. The molecule has 0 saturated carbocycles. The number of nitrogens with zero attached hydrogens (tertiary/aromatic N) is 2. The quantitative estimate of drug-likeness (QED) is 0.160. The molecule has 0 heterocycles. The van der Waals surface area contributed by atoms with Gasteiger partial charge in [0.1, 0.15) is 5.75 Å². The summed E-state index contributed by atoms with van der Waals surface area (Å²) in [5.41, 5.74) is 3.09. The molecule has 0 aliphatic rings. The lowest BCUT2D eigenvalue weighted by molar-refractivity contribution is 0.0920. The number of ketones is 1. The molecule has 0 aliphatic heterocycles. The summed E-state index contributed by atoms with van der Waals surface area (Å²) >= 11 is 1.24. The summed E-state index contributed by atoms with van der Waals surface area (Å²) in [6, 6.07) is 10.6. The third kappa shape index (κ3) is 7.75. The number of halogens is 3. The molecule has 0 radical (unpaired) electrons. The van der Waals surface area contributed by atoms with Gasteiger partial charge >= 0.3 is 6.08 Å². The highest BCUT2D eigenvalue weighted by Gasteiger charge is 2.13. The van der Waals surface area contributed by atoms with Crippen LogP contribution in [0.25, 0.3) is 0 Å². The van der Waals surface area contributed by atoms with Gasteiger partial charge in [-0.25, -0.2) is 9.38 Å². The molecule has 4 nitrogen and oxygen atoms in total. The second-order valence-corrected chi connectivity index (χ2v) is 8.39. The molecule has 8 heteroatoms. The number of allylic oxidation sites excluding steroid dienone is 1. The fourth-order valence-corrected chi connectivity index (χ4v) is 3.61. The monoisotopic (exact) mass is 464 g/mol. The van der Waals surface area contributed by atoms with Crippen LogP contribution >= 0.6 is 11.8 Å². The normalized spacial score (nSPS) is 11.0. The molecule has 0 spiro atoms. The molecule has 0 N–H and O–H groups in total. The number of benzene rings is 2. The Morgan fingerprint density at radius 2 is 1.91 bits per heavy atom. The number of carbonyl (C=O) groups is 1. The van der Waals surface area contributed by atoms with E-state index in [0.717, 1.165) is 28.3 Å². The van der Waals surface area contributed by atoms with Crippen molar-refractivity contribution < 1.29 is 22.7 Å². The van der Waals surface area contributed by atoms with Crippen LogP contribution in [0.3, 0.4) is 0 Å². The minimum atomic E-state index is -2.28. The van der Waals surface area contributed by atoms with Crippen molar-refractivity contribution in [2.45, 2.75) is 32.1 Å². The van der Waals surface area contributed by atoms with Gasteiger partial charge in [-0.1, -0.05) is 6.07 Å². The van der Waals surface area contributed by atoms with Gasteiger partial charge < -0.3 is 9.64 Å².